The SMILES string of the molecule is CSC(C)CCNS(=O)(=O)c1ccc(N)c([N+](=O)[O-])c1. The van der Waals surface area contributed by atoms with Gasteiger partial charge in [0.25, 0.3) is 5.69 Å². The minimum absolute atomic E-state index is 0.0649. The number of sulfonamides is 1. The minimum Gasteiger partial charge on any atom is -0.393 e. The Morgan fingerprint density at radius 1 is 1.50 bits per heavy atom. The molecule has 0 aromatic heterocycles. The largest absolute Gasteiger partial charge is 0.393 e. The van der Waals surface area contributed by atoms with Crippen molar-refractivity contribution in [1.29, 1.82) is 0 Å². The predicted octanol–water partition coefficient (Wildman–Crippen LogP) is 1.60. The molecule has 0 spiro atoms. The quantitative estimate of drug-likeness (QED) is 0.448. The molecule has 1 aromatic rings. The molecule has 7 nitrogen and oxygen atoms in total. The summed E-state index contributed by atoms with van der Waals surface area (Å²) < 4.78 is 26.4. The highest BCUT2D eigenvalue weighted by Crippen LogP contribution is 2.24. The number of hydrogen-bond donors (Lipinski definition) is 2. The lowest BCUT2D eigenvalue weighted by Gasteiger charge is -2.10. The van der Waals surface area contributed by atoms with Gasteiger partial charge in [-0.2, -0.15) is 11.8 Å². The summed E-state index contributed by atoms with van der Waals surface area (Å²) in [6, 6.07) is 3.44. The van der Waals surface area contributed by atoms with Crippen molar-refractivity contribution in [2.45, 2.75) is 23.5 Å². The van der Waals surface area contributed by atoms with Crippen LogP contribution in [-0.2, 0) is 10.0 Å². The first-order valence-electron chi connectivity index (χ1n) is 5.84. The van der Waals surface area contributed by atoms with Crippen LogP contribution < -0.4 is 10.5 Å². The lowest BCUT2D eigenvalue weighted by atomic mass is 10.3. The first-order chi connectivity index (χ1) is 9.27. The topological polar surface area (TPSA) is 115 Å². The van der Waals surface area contributed by atoms with E-state index >= 15 is 0 Å². The summed E-state index contributed by atoms with van der Waals surface area (Å²) in [5.74, 6) is 0. The van der Waals surface area contributed by atoms with Crippen molar-refractivity contribution in [2.24, 2.45) is 0 Å². The zero-order valence-corrected chi connectivity index (χ0v) is 12.8. The normalized spacial score (nSPS) is 13.1. The lowest BCUT2D eigenvalue weighted by molar-refractivity contribution is -0.384. The molecular formula is C11H17N3O4S2. The van der Waals surface area contributed by atoms with Crippen LogP contribution in [0.4, 0.5) is 11.4 Å². The fraction of sp³-hybridized carbons (Fsp3) is 0.455. The first kappa shape index (κ1) is 16.7. The van der Waals surface area contributed by atoms with E-state index in [1.165, 1.54) is 12.1 Å². The number of nitrogens with zero attached hydrogens (tertiary/aromatic N) is 1. The van der Waals surface area contributed by atoms with Crippen LogP contribution in [0.1, 0.15) is 13.3 Å². The second-order valence-corrected chi connectivity index (χ2v) is 7.25. The second kappa shape index (κ2) is 6.91. The van der Waals surface area contributed by atoms with Gasteiger partial charge in [0, 0.05) is 17.9 Å². The molecule has 1 rings (SSSR count). The van der Waals surface area contributed by atoms with Crippen molar-refractivity contribution in [3.63, 3.8) is 0 Å². The molecule has 1 atom stereocenters. The van der Waals surface area contributed by atoms with Crippen LogP contribution in [0, 0.1) is 10.1 Å². The summed E-state index contributed by atoms with van der Waals surface area (Å²) >= 11 is 1.64. The molecule has 1 aromatic carbocycles. The molecule has 3 N–H and O–H groups in total. The van der Waals surface area contributed by atoms with Crippen LogP contribution in [0.3, 0.4) is 0 Å². The molecule has 20 heavy (non-hydrogen) atoms. The minimum atomic E-state index is -3.76. The average molecular weight is 319 g/mol. The molecule has 0 saturated heterocycles. The van der Waals surface area contributed by atoms with Crippen molar-refractivity contribution in [3.8, 4) is 0 Å². The van der Waals surface area contributed by atoms with Gasteiger partial charge < -0.3 is 5.73 Å². The number of thioether (sulfide) groups is 1. The molecule has 0 fully saturated rings. The van der Waals surface area contributed by atoms with Gasteiger partial charge in [-0.15, -0.1) is 0 Å². The number of nitrogen functional groups attached to an aromatic ring is 1. The third-order valence-electron chi connectivity index (χ3n) is 2.75. The van der Waals surface area contributed by atoms with Gasteiger partial charge in [0.05, 0.1) is 9.82 Å². The Morgan fingerprint density at radius 3 is 2.70 bits per heavy atom. The Morgan fingerprint density at radius 2 is 2.15 bits per heavy atom. The Kier molecular flexibility index (Phi) is 5.78. The van der Waals surface area contributed by atoms with Gasteiger partial charge in [0.1, 0.15) is 5.69 Å². The van der Waals surface area contributed by atoms with Gasteiger partial charge >= 0.3 is 0 Å². The predicted molar refractivity (Wildman–Crippen MR) is 80.3 cm³/mol. The Labute approximate surface area is 122 Å². The van der Waals surface area contributed by atoms with E-state index in [-0.39, 0.29) is 17.1 Å². The number of nitro benzene ring substituents is 1. The van der Waals surface area contributed by atoms with Crippen molar-refractivity contribution >= 4 is 33.2 Å². The highest BCUT2D eigenvalue weighted by molar-refractivity contribution is 7.99. The standard InChI is InChI=1S/C11H17N3O4S2/c1-8(19-2)5-6-13-20(17,18)9-3-4-10(12)11(7-9)14(15)16/h3-4,7-8,13H,5-6,12H2,1-2H3. The molecule has 0 aliphatic carbocycles. The maximum atomic E-state index is 12.0. The van der Waals surface area contributed by atoms with E-state index in [4.69, 9.17) is 5.73 Å². The molecule has 9 heteroatoms. The number of rotatable bonds is 7. The summed E-state index contributed by atoms with van der Waals surface area (Å²) in [7, 11) is -3.76. The molecule has 0 saturated carbocycles. The van der Waals surface area contributed by atoms with Crippen molar-refractivity contribution in [3.05, 3.63) is 28.3 Å². The highest BCUT2D eigenvalue weighted by Gasteiger charge is 2.20. The summed E-state index contributed by atoms with van der Waals surface area (Å²) in [6.45, 7) is 2.27. The van der Waals surface area contributed by atoms with Gasteiger partial charge in [0.15, 0.2) is 0 Å². The van der Waals surface area contributed by atoms with Gasteiger partial charge in [-0.25, -0.2) is 13.1 Å². The van der Waals surface area contributed by atoms with E-state index in [0.29, 0.717) is 11.7 Å². The van der Waals surface area contributed by atoms with Crippen LogP contribution in [-0.4, -0.2) is 31.4 Å². The van der Waals surface area contributed by atoms with E-state index in [9.17, 15) is 18.5 Å². The monoisotopic (exact) mass is 319 g/mol. The van der Waals surface area contributed by atoms with E-state index < -0.39 is 20.6 Å². The van der Waals surface area contributed by atoms with Crippen LogP contribution in [0.5, 0.6) is 0 Å². The zero-order valence-electron chi connectivity index (χ0n) is 11.2. The maximum absolute atomic E-state index is 12.0. The number of anilines is 1. The second-order valence-electron chi connectivity index (χ2n) is 4.21. The van der Waals surface area contributed by atoms with E-state index in [1.807, 2.05) is 13.2 Å². The molecular weight excluding hydrogens is 302 g/mol. The molecule has 112 valence electrons. The summed E-state index contributed by atoms with van der Waals surface area (Å²) in [5.41, 5.74) is 4.96. The van der Waals surface area contributed by atoms with E-state index in [0.717, 1.165) is 6.07 Å². The summed E-state index contributed by atoms with van der Waals surface area (Å²) in [6.07, 6.45) is 2.62. The average Bonchev–Trinajstić information content (AvgIpc) is 2.38. The molecule has 0 bridgehead atoms. The van der Waals surface area contributed by atoms with Crippen molar-refractivity contribution in [1.82, 2.24) is 4.72 Å². The fourth-order valence-electron chi connectivity index (χ4n) is 1.45. The summed E-state index contributed by atoms with van der Waals surface area (Å²) in [5, 5.41) is 11.1. The molecule has 0 radical (unpaired) electrons. The Bertz CT molecular complexity index is 589. The molecule has 1 unspecified atom stereocenters. The number of nitro groups is 1. The number of benzene rings is 1. The van der Waals surface area contributed by atoms with Crippen LogP contribution >= 0.6 is 11.8 Å². The van der Waals surface area contributed by atoms with Gasteiger partial charge in [0.2, 0.25) is 10.0 Å². The number of nitrogens with one attached hydrogen (secondary N) is 1. The zero-order chi connectivity index (χ0) is 15.3. The van der Waals surface area contributed by atoms with E-state index in [1.54, 1.807) is 11.8 Å². The smallest absolute Gasteiger partial charge is 0.293 e. The molecule has 0 aliphatic rings. The third kappa shape index (κ3) is 4.36. The molecule has 0 aliphatic heterocycles. The Balaban J connectivity index is 2.88. The van der Waals surface area contributed by atoms with Crippen molar-refractivity contribution in [2.75, 3.05) is 18.5 Å². The molecule has 0 amide bonds. The highest BCUT2D eigenvalue weighted by atomic mass is 32.2. The maximum Gasteiger partial charge on any atom is 0.293 e. The number of nitrogens with two attached hydrogens (primary N) is 1. The van der Waals surface area contributed by atoms with Gasteiger partial charge in [-0.3, -0.25) is 10.1 Å². The van der Waals surface area contributed by atoms with Gasteiger partial charge in [-0.1, -0.05) is 6.92 Å². The van der Waals surface area contributed by atoms with Gasteiger partial charge in [-0.05, 0) is 24.8 Å². The van der Waals surface area contributed by atoms with Crippen LogP contribution in [0.15, 0.2) is 23.1 Å². The van der Waals surface area contributed by atoms with E-state index in [2.05, 4.69) is 4.72 Å². The van der Waals surface area contributed by atoms with Crippen LogP contribution in [0.2, 0.25) is 0 Å². The van der Waals surface area contributed by atoms with Crippen LogP contribution in [0.25, 0.3) is 0 Å². The summed E-state index contributed by atoms with van der Waals surface area (Å²) in [4.78, 5) is 9.89. The number of hydrogen-bond acceptors (Lipinski definition) is 6. The fourth-order valence-corrected chi connectivity index (χ4v) is 2.87. The molecule has 0 heterocycles. The first-order valence-corrected chi connectivity index (χ1v) is 8.61. The lowest BCUT2D eigenvalue weighted by Crippen LogP contribution is -2.26. The third-order valence-corrected chi connectivity index (χ3v) is 5.25. The van der Waals surface area contributed by atoms with Crippen molar-refractivity contribution < 1.29 is 13.3 Å². The Hall–Kier alpha value is -1.32.